The third-order valence-corrected chi connectivity index (χ3v) is 6.19. The zero-order valence-electron chi connectivity index (χ0n) is 17.6. The van der Waals surface area contributed by atoms with E-state index in [1.807, 2.05) is 32.0 Å². The molecule has 7 nitrogen and oxygen atoms in total. The predicted octanol–water partition coefficient (Wildman–Crippen LogP) is 5.16. The molecule has 0 saturated carbocycles. The van der Waals surface area contributed by atoms with Crippen LogP contribution in [0.15, 0.2) is 37.1 Å². The quantitative estimate of drug-likeness (QED) is 0.206. The number of halogens is 1. The molecule has 162 valence electrons. The van der Waals surface area contributed by atoms with Gasteiger partial charge in [-0.3, -0.25) is 9.36 Å². The Morgan fingerprint density at radius 1 is 1.27 bits per heavy atom. The molecule has 9 heteroatoms. The second-order valence-corrected chi connectivity index (χ2v) is 9.20. The normalized spacial score (nSPS) is 12.5. The molecule has 2 aromatic heterocycles. The van der Waals surface area contributed by atoms with Crippen molar-refractivity contribution in [1.82, 2.24) is 19.7 Å². The minimum absolute atomic E-state index is 0.0540. The van der Waals surface area contributed by atoms with Gasteiger partial charge >= 0.3 is 0 Å². The summed E-state index contributed by atoms with van der Waals surface area (Å²) in [7, 11) is 0. The largest absolute Gasteiger partial charge is 0.382 e. The number of ether oxygens (including phenoxy) is 1. The van der Waals surface area contributed by atoms with Crippen molar-refractivity contribution in [1.29, 1.82) is 0 Å². The Balaban J connectivity index is 1.89. The summed E-state index contributed by atoms with van der Waals surface area (Å²) in [6.07, 6.45) is 3.65. The summed E-state index contributed by atoms with van der Waals surface area (Å²) >= 11 is 4.91. The van der Waals surface area contributed by atoms with E-state index in [1.165, 1.54) is 11.8 Å². The first-order chi connectivity index (χ1) is 14.5. The summed E-state index contributed by atoms with van der Waals surface area (Å²) in [5, 5.41) is 5.20. The van der Waals surface area contributed by atoms with Crippen molar-refractivity contribution in [2.75, 3.05) is 13.2 Å². The van der Waals surface area contributed by atoms with Gasteiger partial charge < -0.3 is 9.26 Å². The monoisotopic (exact) mass is 494 g/mol. The Bertz CT molecular complexity index is 1040. The van der Waals surface area contributed by atoms with Gasteiger partial charge in [-0.1, -0.05) is 46.2 Å². The molecule has 0 amide bonds. The molecule has 3 rings (SSSR count). The first-order valence-electron chi connectivity index (χ1n) is 10.3. The van der Waals surface area contributed by atoms with Crippen LogP contribution in [0.4, 0.5) is 0 Å². The fourth-order valence-corrected chi connectivity index (χ4v) is 4.33. The third kappa shape index (κ3) is 5.70. The van der Waals surface area contributed by atoms with Gasteiger partial charge in [0.1, 0.15) is 0 Å². The molecular formula is C21H27BrN4O3S. The Hall–Kier alpha value is -1.71. The number of aromatic nitrogens is 4. The molecule has 0 N–H and O–H groups in total. The lowest BCUT2D eigenvalue weighted by atomic mass is 10.2. The highest BCUT2D eigenvalue weighted by molar-refractivity contribution is 9.10. The van der Waals surface area contributed by atoms with E-state index in [0.29, 0.717) is 41.7 Å². The van der Waals surface area contributed by atoms with E-state index in [-0.39, 0.29) is 10.8 Å². The first kappa shape index (κ1) is 23.0. The van der Waals surface area contributed by atoms with Crippen LogP contribution < -0.4 is 5.56 Å². The van der Waals surface area contributed by atoms with Gasteiger partial charge in [0.2, 0.25) is 5.89 Å². The molecular weight excluding hydrogens is 468 g/mol. The number of aryl methyl sites for hydroxylation is 1. The highest BCUT2D eigenvalue weighted by Crippen LogP contribution is 2.33. The maximum absolute atomic E-state index is 13.2. The van der Waals surface area contributed by atoms with Crippen LogP contribution in [0.2, 0.25) is 0 Å². The zero-order chi connectivity index (χ0) is 21.5. The second kappa shape index (κ2) is 11.1. The van der Waals surface area contributed by atoms with Gasteiger partial charge in [0, 0.05) is 30.7 Å². The summed E-state index contributed by atoms with van der Waals surface area (Å²) in [6.45, 7) is 7.88. The third-order valence-electron chi connectivity index (χ3n) is 4.62. The van der Waals surface area contributed by atoms with Gasteiger partial charge in [-0.2, -0.15) is 4.98 Å². The number of hydrogen-bond donors (Lipinski definition) is 0. The van der Waals surface area contributed by atoms with Crippen LogP contribution in [0.3, 0.4) is 0 Å². The lowest BCUT2D eigenvalue weighted by Gasteiger charge is -2.15. The molecule has 0 aliphatic heterocycles. The van der Waals surface area contributed by atoms with Crippen LogP contribution in [0.25, 0.3) is 10.9 Å². The van der Waals surface area contributed by atoms with Crippen molar-refractivity contribution in [2.24, 2.45) is 0 Å². The zero-order valence-corrected chi connectivity index (χ0v) is 20.0. The number of nitrogens with zero attached hydrogens (tertiary/aromatic N) is 4. The van der Waals surface area contributed by atoms with Crippen LogP contribution in [0, 0.1) is 0 Å². The lowest BCUT2D eigenvalue weighted by molar-refractivity contribution is 0.140. The molecule has 1 atom stereocenters. The van der Waals surface area contributed by atoms with E-state index in [9.17, 15) is 4.79 Å². The van der Waals surface area contributed by atoms with Crippen molar-refractivity contribution in [2.45, 2.75) is 63.4 Å². The Kier molecular flexibility index (Phi) is 8.47. The molecule has 30 heavy (non-hydrogen) atoms. The number of benzene rings is 1. The smallest absolute Gasteiger partial charge is 0.262 e. The van der Waals surface area contributed by atoms with Crippen LogP contribution in [-0.2, 0) is 17.7 Å². The standard InChI is InChI=1S/C21H27BrN4O3S/c1-4-6-8-18-24-19(29-25-18)14(3)30-21-23-17-10-9-15(22)13-16(17)20(27)26(21)11-7-12-28-5-2/h9-10,13-14H,4-8,11-12H2,1-3H3/t14-/m0/s1. The maximum Gasteiger partial charge on any atom is 0.262 e. The SMILES string of the molecule is CCCCc1noc([C@H](C)Sc2nc3ccc(Br)cc3c(=O)n2CCCOCC)n1. The highest BCUT2D eigenvalue weighted by Gasteiger charge is 2.20. The van der Waals surface area contributed by atoms with E-state index in [0.717, 1.165) is 36.0 Å². The van der Waals surface area contributed by atoms with Crippen LogP contribution >= 0.6 is 27.7 Å². The number of unbranched alkanes of at least 4 members (excludes halogenated alkanes) is 1. The molecule has 1 aromatic carbocycles. The van der Waals surface area contributed by atoms with Crippen molar-refractivity contribution in [3.05, 3.63) is 44.7 Å². The average Bonchev–Trinajstić information content (AvgIpc) is 3.21. The second-order valence-electron chi connectivity index (χ2n) is 6.98. The van der Waals surface area contributed by atoms with Crippen LogP contribution in [-0.4, -0.2) is 32.9 Å². The van der Waals surface area contributed by atoms with E-state index < -0.39 is 0 Å². The van der Waals surface area contributed by atoms with Gasteiger partial charge in [-0.15, -0.1) is 0 Å². The van der Waals surface area contributed by atoms with Gasteiger partial charge in [-0.25, -0.2) is 4.98 Å². The molecule has 0 radical (unpaired) electrons. The van der Waals surface area contributed by atoms with E-state index in [1.54, 1.807) is 4.57 Å². The van der Waals surface area contributed by atoms with Gasteiger partial charge in [0.25, 0.3) is 5.56 Å². The number of rotatable bonds is 11. The van der Waals surface area contributed by atoms with E-state index in [2.05, 4.69) is 33.0 Å². The first-order valence-corrected chi connectivity index (χ1v) is 12.0. The number of fused-ring (bicyclic) bond motifs is 1. The molecule has 0 bridgehead atoms. The Morgan fingerprint density at radius 3 is 2.87 bits per heavy atom. The number of thioether (sulfide) groups is 1. The van der Waals surface area contributed by atoms with Crippen molar-refractivity contribution in [3.8, 4) is 0 Å². The Morgan fingerprint density at radius 2 is 2.10 bits per heavy atom. The topological polar surface area (TPSA) is 83.0 Å². The Labute approximate surface area is 188 Å². The molecule has 2 heterocycles. The minimum Gasteiger partial charge on any atom is -0.382 e. The lowest BCUT2D eigenvalue weighted by Crippen LogP contribution is -2.24. The summed E-state index contributed by atoms with van der Waals surface area (Å²) in [4.78, 5) is 22.5. The van der Waals surface area contributed by atoms with E-state index in [4.69, 9.17) is 14.2 Å². The minimum atomic E-state index is -0.120. The van der Waals surface area contributed by atoms with Crippen LogP contribution in [0.5, 0.6) is 0 Å². The van der Waals surface area contributed by atoms with Crippen LogP contribution in [0.1, 0.15) is 57.0 Å². The fraction of sp³-hybridized carbons (Fsp3) is 0.524. The summed E-state index contributed by atoms with van der Waals surface area (Å²) in [5.41, 5.74) is 0.620. The molecule has 0 aliphatic carbocycles. The molecule has 3 aromatic rings. The van der Waals surface area contributed by atoms with Gasteiger partial charge in [0.05, 0.1) is 16.2 Å². The summed E-state index contributed by atoms with van der Waals surface area (Å²) in [5.74, 6) is 1.28. The molecule has 0 unspecified atom stereocenters. The predicted molar refractivity (Wildman–Crippen MR) is 122 cm³/mol. The fourth-order valence-electron chi connectivity index (χ4n) is 3.01. The average molecular weight is 495 g/mol. The van der Waals surface area contributed by atoms with Gasteiger partial charge in [-0.05, 0) is 44.9 Å². The maximum atomic E-state index is 13.2. The van der Waals surface area contributed by atoms with E-state index >= 15 is 0 Å². The van der Waals surface area contributed by atoms with Gasteiger partial charge in [0.15, 0.2) is 11.0 Å². The van der Waals surface area contributed by atoms with Crippen molar-refractivity contribution < 1.29 is 9.26 Å². The number of hydrogen-bond acceptors (Lipinski definition) is 7. The van der Waals surface area contributed by atoms with Crippen molar-refractivity contribution in [3.63, 3.8) is 0 Å². The highest BCUT2D eigenvalue weighted by atomic mass is 79.9. The molecule has 0 saturated heterocycles. The van der Waals surface area contributed by atoms with Crippen molar-refractivity contribution >= 4 is 38.6 Å². The summed E-state index contributed by atoms with van der Waals surface area (Å²) < 4.78 is 13.5. The molecule has 0 aliphatic rings. The molecule has 0 fully saturated rings. The molecule has 0 spiro atoms. The summed E-state index contributed by atoms with van der Waals surface area (Å²) in [6, 6.07) is 5.57.